The number of rotatable bonds is 4. The Balaban J connectivity index is 1.04. The second kappa shape index (κ2) is 11.6. The van der Waals surface area contributed by atoms with E-state index in [9.17, 15) is 0 Å². The van der Waals surface area contributed by atoms with Gasteiger partial charge in [0.2, 0.25) is 0 Å². The Kier molecular flexibility index (Phi) is 6.34. The molecule has 55 heavy (non-hydrogen) atoms. The summed E-state index contributed by atoms with van der Waals surface area (Å²) in [5.74, 6) is 0. The van der Waals surface area contributed by atoms with Crippen LogP contribution in [0.1, 0.15) is 0 Å². The summed E-state index contributed by atoms with van der Waals surface area (Å²) in [7, 11) is 0. The molecule has 0 radical (unpaired) electrons. The highest BCUT2D eigenvalue weighted by molar-refractivity contribution is 6.26. The highest BCUT2D eigenvalue weighted by Crippen LogP contribution is 2.44. The lowest BCUT2D eigenvalue weighted by Gasteiger charge is -2.11. The van der Waals surface area contributed by atoms with Crippen LogP contribution in [-0.4, -0.2) is 14.4 Å². The van der Waals surface area contributed by atoms with Crippen LogP contribution in [0.2, 0.25) is 0 Å². The first kappa shape index (κ1) is 30.1. The van der Waals surface area contributed by atoms with Gasteiger partial charge in [-0.2, -0.15) is 0 Å². The SMILES string of the molecule is c1ccc(-c2ccc3c(c2)c2cc(-c4ccccc4)cc4c5cc(-c6cccc(-c7ccc8c(c7)c7ccccc7c7nccnc87)c6)ccc5n3c24)cc1. The van der Waals surface area contributed by atoms with Crippen molar-refractivity contribution in [3.8, 4) is 44.5 Å². The van der Waals surface area contributed by atoms with Gasteiger partial charge in [-0.25, -0.2) is 0 Å². The monoisotopic (exact) mass is 697 g/mol. The zero-order chi connectivity index (χ0) is 36.0. The van der Waals surface area contributed by atoms with E-state index in [1.54, 1.807) is 12.4 Å². The topological polar surface area (TPSA) is 30.2 Å². The summed E-state index contributed by atoms with van der Waals surface area (Å²) < 4.78 is 2.48. The van der Waals surface area contributed by atoms with Crippen molar-refractivity contribution in [1.29, 1.82) is 0 Å². The van der Waals surface area contributed by atoms with E-state index in [-0.39, 0.29) is 0 Å². The predicted octanol–water partition coefficient (Wildman–Crippen LogP) is 13.8. The summed E-state index contributed by atoms with van der Waals surface area (Å²) in [4.78, 5) is 9.48. The second-order valence-corrected chi connectivity index (χ2v) is 14.6. The summed E-state index contributed by atoms with van der Waals surface area (Å²) in [6, 6.07) is 64.4. The van der Waals surface area contributed by atoms with Gasteiger partial charge < -0.3 is 4.40 Å². The number of hydrogen-bond acceptors (Lipinski definition) is 2. The third-order valence-electron chi connectivity index (χ3n) is 11.6. The van der Waals surface area contributed by atoms with Crippen LogP contribution in [0.3, 0.4) is 0 Å². The number of aromatic nitrogens is 3. The van der Waals surface area contributed by atoms with E-state index in [0.29, 0.717) is 0 Å². The van der Waals surface area contributed by atoms with Crippen LogP contribution >= 0.6 is 0 Å². The summed E-state index contributed by atoms with van der Waals surface area (Å²) in [5.41, 5.74) is 15.3. The highest BCUT2D eigenvalue weighted by atomic mass is 14.9. The number of benzene rings is 9. The van der Waals surface area contributed by atoms with Crippen LogP contribution in [0.15, 0.2) is 188 Å². The smallest absolute Gasteiger partial charge is 0.0971 e. The van der Waals surface area contributed by atoms with E-state index in [2.05, 4.69) is 180 Å². The van der Waals surface area contributed by atoms with Crippen LogP contribution in [0.4, 0.5) is 0 Å². The molecule has 3 nitrogen and oxygen atoms in total. The molecule has 0 spiro atoms. The van der Waals surface area contributed by atoms with Gasteiger partial charge >= 0.3 is 0 Å². The molecule has 3 aromatic heterocycles. The van der Waals surface area contributed by atoms with E-state index < -0.39 is 0 Å². The fourth-order valence-corrected chi connectivity index (χ4v) is 9.03. The summed E-state index contributed by atoms with van der Waals surface area (Å²) >= 11 is 0. The summed E-state index contributed by atoms with van der Waals surface area (Å²) in [5, 5.41) is 9.74. The average molecular weight is 698 g/mol. The van der Waals surface area contributed by atoms with Gasteiger partial charge in [-0.05, 0) is 104 Å². The molecule has 0 aliphatic carbocycles. The molecule has 0 fully saturated rings. The molecule has 12 rings (SSSR count). The van der Waals surface area contributed by atoms with E-state index in [0.717, 1.165) is 21.8 Å². The van der Waals surface area contributed by atoms with Gasteiger partial charge in [0.05, 0.1) is 27.6 Å². The Bertz CT molecular complexity index is 3440. The van der Waals surface area contributed by atoms with Crippen molar-refractivity contribution in [3.05, 3.63) is 188 Å². The normalized spacial score (nSPS) is 12.0. The zero-order valence-corrected chi connectivity index (χ0v) is 29.7. The Morgan fingerprint density at radius 2 is 0.709 bits per heavy atom. The maximum absolute atomic E-state index is 4.76. The van der Waals surface area contributed by atoms with Crippen molar-refractivity contribution in [1.82, 2.24) is 14.4 Å². The minimum Gasteiger partial charge on any atom is -0.308 e. The third-order valence-corrected chi connectivity index (χ3v) is 11.6. The van der Waals surface area contributed by atoms with Crippen molar-refractivity contribution >= 4 is 70.7 Å². The standard InChI is InChI=1S/C52H31N3/c1-3-10-32(11-4-1)36-19-22-48-44(28-36)46-30-39(33-12-5-2-6-13-33)31-47-45-29-38(20-23-49(45)55(48)52(46)47)35-15-9-14-34(26-35)37-18-21-42-43(27-37)40-16-7-8-17-41(40)50-51(42)54-25-24-53-50/h1-31H. The Hall–Kier alpha value is -7.36. The van der Waals surface area contributed by atoms with Gasteiger partial charge in [-0.15, -0.1) is 0 Å². The van der Waals surface area contributed by atoms with Gasteiger partial charge in [0.25, 0.3) is 0 Å². The van der Waals surface area contributed by atoms with E-state index in [1.807, 2.05) is 0 Å². The first-order valence-corrected chi connectivity index (χ1v) is 18.8. The van der Waals surface area contributed by atoms with Gasteiger partial charge in [0.1, 0.15) is 0 Å². The van der Waals surface area contributed by atoms with Crippen LogP contribution in [0, 0.1) is 0 Å². The highest BCUT2D eigenvalue weighted by Gasteiger charge is 2.20. The molecule has 9 aromatic carbocycles. The second-order valence-electron chi connectivity index (χ2n) is 14.6. The molecule has 0 N–H and O–H groups in total. The average Bonchev–Trinajstić information content (AvgIpc) is 3.78. The quantitative estimate of drug-likeness (QED) is 0.171. The first-order chi connectivity index (χ1) is 27.3. The molecular weight excluding hydrogens is 667 g/mol. The van der Waals surface area contributed by atoms with Crippen molar-refractivity contribution in [2.45, 2.75) is 0 Å². The van der Waals surface area contributed by atoms with Crippen molar-refractivity contribution in [2.75, 3.05) is 0 Å². The largest absolute Gasteiger partial charge is 0.308 e. The fourth-order valence-electron chi connectivity index (χ4n) is 9.03. The van der Waals surface area contributed by atoms with Gasteiger partial charge in [-0.3, -0.25) is 9.97 Å². The van der Waals surface area contributed by atoms with E-state index in [4.69, 9.17) is 9.97 Å². The minimum absolute atomic E-state index is 0.940. The molecule has 3 heteroatoms. The molecule has 0 bridgehead atoms. The molecular formula is C52H31N3. The number of fused-ring (bicyclic) bond motifs is 12. The fraction of sp³-hybridized carbons (Fsp3) is 0. The van der Waals surface area contributed by atoms with Crippen molar-refractivity contribution in [2.24, 2.45) is 0 Å². The Morgan fingerprint density at radius 1 is 0.273 bits per heavy atom. The molecule has 254 valence electrons. The molecule has 0 aliphatic heterocycles. The third kappa shape index (κ3) is 4.50. The van der Waals surface area contributed by atoms with E-state index in [1.165, 1.54) is 93.4 Å². The van der Waals surface area contributed by atoms with Gasteiger partial charge in [0, 0.05) is 44.7 Å². The minimum atomic E-state index is 0.940. The molecule has 0 saturated heterocycles. The molecule has 0 atom stereocenters. The number of nitrogens with zero attached hydrogens (tertiary/aromatic N) is 3. The van der Waals surface area contributed by atoms with Crippen LogP contribution in [-0.2, 0) is 0 Å². The molecule has 0 aliphatic rings. The molecule has 0 amide bonds. The maximum atomic E-state index is 4.76. The van der Waals surface area contributed by atoms with Crippen LogP contribution in [0.5, 0.6) is 0 Å². The lowest BCUT2D eigenvalue weighted by Crippen LogP contribution is -1.89. The summed E-state index contributed by atoms with van der Waals surface area (Å²) in [6.07, 6.45) is 3.57. The van der Waals surface area contributed by atoms with Crippen molar-refractivity contribution in [3.63, 3.8) is 0 Å². The lowest BCUT2D eigenvalue weighted by molar-refractivity contribution is 1.31. The zero-order valence-electron chi connectivity index (χ0n) is 29.7. The predicted molar refractivity (Wildman–Crippen MR) is 231 cm³/mol. The number of hydrogen-bond donors (Lipinski definition) is 0. The van der Waals surface area contributed by atoms with Gasteiger partial charge in [0.15, 0.2) is 0 Å². The Labute approximate surface area is 316 Å². The van der Waals surface area contributed by atoms with Gasteiger partial charge in [-0.1, -0.05) is 127 Å². The van der Waals surface area contributed by atoms with Crippen LogP contribution < -0.4 is 0 Å². The molecule has 12 aromatic rings. The van der Waals surface area contributed by atoms with Crippen LogP contribution in [0.25, 0.3) is 115 Å². The summed E-state index contributed by atoms with van der Waals surface area (Å²) in [6.45, 7) is 0. The van der Waals surface area contributed by atoms with Crippen molar-refractivity contribution < 1.29 is 0 Å². The molecule has 0 unspecified atom stereocenters. The Morgan fingerprint density at radius 3 is 1.33 bits per heavy atom. The lowest BCUT2D eigenvalue weighted by atomic mass is 9.93. The molecule has 0 saturated carbocycles. The first-order valence-electron chi connectivity index (χ1n) is 18.8. The van der Waals surface area contributed by atoms with E-state index >= 15 is 0 Å². The molecule has 3 heterocycles. The maximum Gasteiger partial charge on any atom is 0.0971 e.